The number of para-hydroxylation sites is 1. The van der Waals surface area contributed by atoms with Gasteiger partial charge in [-0.25, -0.2) is 4.79 Å². The fourth-order valence-electron chi connectivity index (χ4n) is 5.33. The largest absolute Gasteiger partial charge is 0.480 e. The number of rotatable bonds is 8. The van der Waals surface area contributed by atoms with E-state index in [9.17, 15) is 29.4 Å². The van der Waals surface area contributed by atoms with Crippen molar-refractivity contribution in [2.45, 2.75) is 18.1 Å². The van der Waals surface area contributed by atoms with E-state index in [-0.39, 0.29) is 6.54 Å². The maximum Gasteiger partial charge on any atom is 0.337 e. The molecule has 3 aromatic carbocycles. The Morgan fingerprint density at radius 2 is 1.56 bits per heavy atom. The molecule has 3 N–H and O–H groups in total. The van der Waals surface area contributed by atoms with E-state index < -0.39 is 53.8 Å². The molecule has 0 radical (unpaired) electrons. The number of carboxylic acid groups (broad SMARTS) is 1. The second-order valence-electron chi connectivity index (χ2n) is 9.50. The van der Waals surface area contributed by atoms with E-state index in [1.165, 1.54) is 19.2 Å². The lowest BCUT2D eigenvalue weighted by Gasteiger charge is -2.29. The van der Waals surface area contributed by atoms with E-state index in [4.69, 9.17) is 9.47 Å². The minimum absolute atomic E-state index is 0.107. The number of nitrogens with zero attached hydrogens (tertiary/aromatic N) is 1. The molecule has 0 bridgehead atoms. The summed E-state index contributed by atoms with van der Waals surface area (Å²) in [4.78, 5) is 52.3. The number of carbonyl (C=O) groups excluding carboxylic acids is 3. The third-order valence-corrected chi connectivity index (χ3v) is 7.31. The van der Waals surface area contributed by atoms with Crippen molar-refractivity contribution in [2.75, 3.05) is 13.7 Å². The summed E-state index contributed by atoms with van der Waals surface area (Å²) in [6.45, 7) is -0.986. The molecule has 0 aliphatic carbocycles. The number of carboxylic acids is 1. The van der Waals surface area contributed by atoms with Gasteiger partial charge in [0, 0.05) is 6.04 Å². The molecule has 2 aliphatic heterocycles. The van der Waals surface area contributed by atoms with Gasteiger partial charge in [0.2, 0.25) is 11.8 Å². The molecule has 5 rings (SSSR count). The van der Waals surface area contributed by atoms with Gasteiger partial charge in [0.25, 0.3) is 0 Å². The predicted octanol–water partition coefficient (Wildman–Crippen LogP) is 2.53. The number of carbonyl (C=O) groups is 4. The molecule has 2 fully saturated rings. The van der Waals surface area contributed by atoms with Gasteiger partial charge in [-0.2, -0.15) is 0 Å². The van der Waals surface area contributed by atoms with Crippen molar-refractivity contribution in [3.8, 4) is 11.5 Å². The number of nitrogens with one attached hydrogen (secondary N) is 1. The Morgan fingerprint density at radius 1 is 0.923 bits per heavy atom. The van der Waals surface area contributed by atoms with Gasteiger partial charge >= 0.3 is 11.9 Å². The van der Waals surface area contributed by atoms with Gasteiger partial charge in [-0.15, -0.1) is 0 Å². The van der Waals surface area contributed by atoms with E-state index in [1.54, 1.807) is 48.5 Å². The molecule has 0 saturated carbocycles. The van der Waals surface area contributed by atoms with Crippen LogP contribution in [0, 0.1) is 11.8 Å². The molecule has 39 heavy (non-hydrogen) atoms. The standard InChI is InChI=1S/C29H26N2O8/c1-38-27(35)19-9-7-17(8-10-19)15-31-25(33)22-23(26(31)34)29(16-32,28(36)37)30-24(22)18-11-13-21(14-12-18)39-20-5-3-2-4-6-20/h2-14,22-24,30,32H,15-16H2,1H3,(H,36,37). The van der Waals surface area contributed by atoms with E-state index in [1.807, 2.05) is 18.2 Å². The minimum Gasteiger partial charge on any atom is -0.480 e. The van der Waals surface area contributed by atoms with Crippen molar-refractivity contribution >= 4 is 23.8 Å². The summed E-state index contributed by atoms with van der Waals surface area (Å²) in [5, 5.41) is 23.2. The highest BCUT2D eigenvalue weighted by Gasteiger charge is 2.68. The summed E-state index contributed by atoms with van der Waals surface area (Å²) >= 11 is 0. The lowest BCUT2D eigenvalue weighted by Crippen LogP contribution is -2.58. The van der Waals surface area contributed by atoms with Gasteiger partial charge in [-0.3, -0.25) is 24.6 Å². The number of fused-ring (bicyclic) bond motifs is 1. The SMILES string of the molecule is COC(=O)c1ccc(CN2C(=O)C3C(c4ccc(Oc5ccccc5)cc4)NC(CO)(C(=O)O)C3C2=O)cc1. The molecule has 4 unspecified atom stereocenters. The number of imide groups is 1. The summed E-state index contributed by atoms with van der Waals surface area (Å²) in [7, 11) is 1.26. The van der Waals surface area contributed by atoms with Crippen molar-refractivity contribution in [3.05, 3.63) is 95.6 Å². The second kappa shape index (κ2) is 10.3. The van der Waals surface area contributed by atoms with Crippen LogP contribution in [0.4, 0.5) is 0 Å². The van der Waals surface area contributed by atoms with Crippen LogP contribution >= 0.6 is 0 Å². The average Bonchev–Trinajstić information content (AvgIpc) is 3.44. The summed E-state index contributed by atoms with van der Waals surface area (Å²) in [5.74, 6) is -4.34. The zero-order chi connectivity index (χ0) is 27.7. The van der Waals surface area contributed by atoms with Crippen molar-refractivity contribution in [1.29, 1.82) is 0 Å². The highest BCUT2D eigenvalue weighted by atomic mass is 16.5. The van der Waals surface area contributed by atoms with E-state index in [0.29, 0.717) is 28.2 Å². The first-order valence-electron chi connectivity index (χ1n) is 12.3. The lowest BCUT2D eigenvalue weighted by molar-refractivity contribution is -0.153. The van der Waals surface area contributed by atoms with Gasteiger partial charge in [0.15, 0.2) is 5.54 Å². The van der Waals surface area contributed by atoms with Crippen LogP contribution in [-0.2, 0) is 25.7 Å². The molecule has 2 amide bonds. The number of hydrogen-bond acceptors (Lipinski definition) is 8. The molecule has 2 saturated heterocycles. The second-order valence-corrected chi connectivity index (χ2v) is 9.50. The van der Waals surface area contributed by atoms with Gasteiger partial charge < -0.3 is 19.7 Å². The Bertz CT molecular complexity index is 1410. The number of aliphatic hydroxyl groups is 1. The number of methoxy groups -OCH3 is 1. The Labute approximate surface area is 223 Å². The molecule has 10 heteroatoms. The van der Waals surface area contributed by atoms with Gasteiger partial charge in [0.05, 0.1) is 37.7 Å². The number of likely N-dealkylation sites (tertiary alicyclic amines) is 1. The van der Waals surface area contributed by atoms with Crippen LogP contribution in [0.2, 0.25) is 0 Å². The molecule has 200 valence electrons. The van der Waals surface area contributed by atoms with E-state index in [2.05, 4.69) is 5.32 Å². The molecule has 0 aromatic heterocycles. The fraction of sp³-hybridized carbons (Fsp3) is 0.241. The van der Waals surface area contributed by atoms with E-state index >= 15 is 0 Å². The molecule has 2 heterocycles. The summed E-state index contributed by atoms with van der Waals surface area (Å²) in [6, 6.07) is 21.3. The average molecular weight is 531 g/mol. The molecule has 2 aliphatic rings. The highest BCUT2D eigenvalue weighted by Crippen LogP contribution is 2.49. The van der Waals surface area contributed by atoms with Crippen LogP contribution in [0.15, 0.2) is 78.9 Å². The predicted molar refractivity (Wildman–Crippen MR) is 137 cm³/mol. The summed E-state index contributed by atoms with van der Waals surface area (Å²) < 4.78 is 10.5. The smallest absolute Gasteiger partial charge is 0.337 e. The summed E-state index contributed by atoms with van der Waals surface area (Å²) in [6.07, 6.45) is 0. The third-order valence-electron chi connectivity index (χ3n) is 7.31. The quantitative estimate of drug-likeness (QED) is 0.296. The first kappa shape index (κ1) is 26.1. The molecule has 0 spiro atoms. The van der Waals surface area contributed by atoms with Gasteiger partial charge in [-0.05, 0) is 47.5 Å². The van der Waals surface area contributed by atoms with Crippen LogP contribution in [0.1, 0.15) is 27.5 Å². The number of aliphatic hydroxyl groups excluding tert-OH is 1. The van der Waals surface area contributed by atoms with Crippen molar-refractivity contribution in [3.63, 3.8) is 0 Å². The van der Waals surface area contributed by atoms with Gasteiger partial charge in [-0.1, -0.05) is 42.5 Å². The maximum atomic E-state index is 13.6. The number of esters is 1. The minimum atomic E-state index is -2.04. The van der Waals surface area contributed by atoms with Crippen molar-refractivity contribution in [1.82, 2.24) is 10.2 Å². The van der Waals surface area contributed by atoms with Crippen LogP contribution < -0.4 is 10.1 Å². The van der Waals surface area contributed by atoms with E-state index in [0.717, 1.165) is 4.90 Å². The van der Waals surface area contributed by atoms with Crippen LogP contribution in [0.3, 0.4) is 0 Å². The van der Waals surface area contributed by atoms with Crippen LogP contribution in [0.5, 0.6) is 11.5 Å². The topological polar surface area (TPSA) is 142 Å². The lowest BCUT2D eigenvalue weighted by atomic mass is 9.79. The van der Waals surface area contributed by atoms with Crippen LogP contribution in [0.25, 0.3) is 0 Å². The molecule has 3 aromatic rings. The number of aliphatic carboxylic acids is 1. The Kier molecular flexibility index (Phi) is 6.90. The molecule has 10 nitrogen and oxygen atoms in total. The number of hydrogen-bond donors (Lipinski definition) is 3. The zero-order valence-corrected chi connectivity index (χ0v) is 20.9. The monoisotopic (exact) mass is 530 g/mol. The first-order valence-corrected chi connectivity index (χ1v) is 12.3. The maximum absolute atomic E-state index is 13.6. The molecular weight excluding hydrogens is 504 g/mol. The summed E-state index contributed by atoms with van der Waals surface area (Å²) in [5.41, 5.74) is -0.579. The molecule has 4 atom stereocenters. The normalized spacial score (nSPS) is 23.9. The molecular formula is C29H26N2O8. The first-order chi connectivity index (χ1) is 18.8. The Balaban J connectivity index is 1.43. The number of benzene rings is 3. The Morgan fingerprint density at radius 3 is 2.15 bits per heavy atom. The van der Waals surface area contributed by atoms with Crippen molar-refractivity contribution < 1.29 is 38.9 Å². The zero-order valence-electron chi connectivity index (χ0n) is 20.9. The fourth-order valence-corrected chi connectivity index (χ4v) is 5.33. The van der Waals surface area contributed by atoms with Gasteiger partial charge in [0.1, 0.15) is 11.5 Å². The van der Waals surface area contributed by atoms with Crippen molar-refractivity contribution in [2.24, 2.45) is 11.8 Å². The third kappa shape index (κ3) is 4.53. The Hall–Kier alpha value is -4.54. The highest BCUT2D eigenvalue weighted by molar-refractivity contribution is 6.09. The van der Waals surface area contributed by atoms with Crippen LogP contribution in [-0.4, -0.2) is 58.1 Å². The number of amides is 2. The number of ether oxygens (including phenoxy) is 2.